The number of hydrogen-bond donors (Lipinski definition) is 1. The molecular formula is C11H19N3S. The molecule has 1 fully saturated rings. The molecule has 1 aliphatic rings. The van der Waals surface area contributed by atoms with Gasteiger partial charge in [-0.1, -0.05) is 6.92 Å². The maximum Gasteiger partial charge on any atom is 0.185 e. The molecule has 15 heavy (non-hydrogen) atoms. The lowest BCUT2D eigenvalue weighted by Crippen LogP contribution is -2.45. The van der Waals surface area contributed by atoms with E-state index in [-0.39, 0.29) is 0 Å². The lowest BCUT2D eigenvalue weighted by atomic mass is 9.95. The molecule has 0 radical (unpaired) electrons. The molecule has 0 bridgehead atoms. The minimum absolute atomic E-state index is 0.364. The molecule has 2 unspecified atom stereocenters. The van der Waals surface area contributed by atoms with E-state index in [2.05, 4.69) is 30.7 Å². The molecule has 0 amide bonds. The van der Waals surface area contributed by atoms with Crippen LogP contribution >= 0.6 is 11.3 Å². The van der Waals surface area contributed by atoms with Gasteiger partial charge in [0.1, 0.15) is 0 Å². The highest BCUT2D eigenvalue weighted by molar-refractivity contribution is 7.15. The van der Waals surface area contributed by atoms with Gasteiger partial charge in [0.15, 0.2) is 5.13 Å². The molecular weight excluding hydrogens is 206 g/mol. The van der Waals surface area contributed by atoms with Gasteiger partial charge in [-0.05, 0) is 26.2 Å². The number of aryl methyl sites for hydroxylation is 2. The molecule has 0 aliphatic carbocycles. The summed E-state index contributed by atoms with van der Waals surface area (Å²) in [5.41, 5.74) is 7.17. The highest BCUT2D eigenvalue weighted by Gasteiger charge is 2.24. The van der Waals surface area contributed by atoms with Gasteiger partial charge >= 0.3 is 0 Å². The quantitative estimate of drug-likeness (QED) is 0.794. The molecule has 1 aromatic heterocycles. The summed E-state index contributed by atoms with van der Waals surface area (Å²) in [6, 6.07) is 0.364. The smallest absolute Gasteiger partial charge is 0.185 e. The van der Waals surface area contributed by atoms with Crippen LogP contribution in [0.25, 0.3) is 0 Å². The van der Waals surface area contributed by atoms with Crippen molar-refractivity contribution >= 4 is 16.5 Å². The van der Waals surface area contributed by atoms with Gasteiger partial charge in [-0.3, -0.25) is 0 Å². The third-order valence-corrected chi connectivity index (χ3v) is 4.39. The van der Waals surface area contributed by atoms with Gasteiger partial charge in [0.05, 0.1) is 5.69 Å². The number of aromatic nitrogens is 1. The van der Waals surface area contributed by atoms with Crippen LogP contribution in [-0.4, -0.2) is 24.1 Å². The molecule has 0 aromatic carbocycles. The Morgan fingerprint density at radius 3 is 2.73 bits per heavy atom. The van der Waals surface area contributed by atoms with E-state index in [1.807, 2.05) is 0 Å². The maximum atomic E-state index is 6.01. The Morgan fingerprint density at radius 1 is 1.47 bits per heavy atom. The average Bonchev–Trinajstić information content (AvgIpc) is 2.52. The van der Waals surface area contributed by atoms with Crippen molar-refractivity contribution in [2.24, 2.45) is 11.7 Å². The largest absolute Gasteiger partial charge is 0.348 e. The predicted octanol–water partition coefficient (Wildman–Crippen LogP) is 1.93. The Labute approximate surface area is 95.3 Å². The molecule has 1 aliphatic heterocycles. The lowest BCUT2D eigenvalue weighted by molar-refractivity contribution is 0.382. The van der Waals surface area contributed by atoms with Crippen LogP contribution < -0.4 is 10.6 Å². The fraction of sp³-hybridized carbons (Fsp3) is 0.727. The number of piperidine rings is 1. The molecule has 84 valence electrons. The third kappa shape index (κ3) is 2.16. The first-order valence-corrected chi connectivity index (χ1v) is 6.34. The van der Waals surface area contributed by atoms with Crippen molar-refractivity contribution in [3.8, 4) is 0 Å². The van der Waals surface area contributed by atoms with E-state index in [0.29, 0.717) is 12.0 Å². The summed E-state index contributed by atoms with van der Waals surface area (Å²) in [5, 5.41) is 1.17. The maximum absolute atomic E-state index is 6.01. The predicted molar refractivity (Wildman–Crippen MR) is 65.6 cm³/mol. The number of thiazole rings is 1. The Morgan fingerprint density at radius 2 is 2.20 bits per heavy atom. The van der Waals surface area contributed by atoms with Gasteiger partial charge in [-0.15, -0.1) is 11.3 Å². The first-order valence-electron chi connectivity index (χ1n) is 5.52. The van der Waals surface area contributed by atoms with Gasteiger partial charge < -0.3 is 10.6 Å². The van der Waals surface area contributed by atoms with Gasteiger partial charge in [0, 0.05) is 24.0 Å². The van der Waals surface area contributed by atoms with Crippen LogP contribution in [0.3, 0.4) is 0 Å². The second-order valence-electron chi connectivity index (χ2n) is 4.51. The van der Waals surface area contributed by atoms with Crippen LogP contribution in [0.15, 0.2) is 0 Å². The number of anilines is 1. The van der Waals surface area contributed by atoms with E-state index in [1.165, 1.54) is 10.0 Å². The summed E-state index contributed by atoms with van der Waals surface area (Å²) in [6.07, 6.45) is 1.08. The van der Waals surface area contributed by atoms with E-state index >= 15 is 0 Å². The molecule has 1 aromatic rings. The van der Waals surface area contributed by atoms with Crippen molar-refractivity contribution in [3.63, 3.8) is 0 Å². The highest BCUT2D eigenvalue weighted by atomic mass is 32.1. The van der Waals surface area contributed by atoms with E-state index in [0.717, 1.165) is 25.2 Å². The lowest BCUT2D eigenvalue weighted by Gasteiger charge is -2.34. The molecule has 1 saturated heterocycles. The second-order valence-corrected chi connectivity index (χ2v) is 5.70. The first kappa shape index (κ1) is 10.9. The normalized spacial score (nSPS) is 27.1. The minimum atomic E-state index is 0.364. The summed E-state index contributed by atoms with van der Waals surface area (Å²) in [6.45, 7) is 8.54. The van der Waals surface area contributed by atoms with Crippen LogP contribution in [0, 0.1) is 19.8 Å². The van der Waals surface area contributed by atoms with Gasteiger partial charge in [0.25, 0.3) is 0 Å². The van der Waals surface area contributed by atoms with E-state index in [4.69, 9.17) is 5.73 Å². The number of hydrogen-bond acceptors (Lipinski definition) is 4. The van der Waals surface area contributed by atoms with Crippen molar-refractivity contribution in [3.05, 3.63) is 10.6 Å². The molecule has 2 N–H and O–H groups in total. The van der Waals surface area contributed by atoms with Crippen molar-refractivity contribution in [1.29, 1.82) is 0 Å². The standard InChI is InChI=1S/C11H19N3S/c1-7-6-14(5-4-10(7)12)11-13-8(2)9(3)15-11/h7,10H,4-6,12H2,1-3H3. The summed E-state index contributed by atoms with van der Waals surface area (Å²) in [4.78, 5) is 8.30. The van der Waals surface area contributed by atoms with Crippen LogP contribution in [-0.2, 0) is 0 Å². The number of nitrogens with zero attached hydrogens (tertiary/aromatic N) is 2. The monoisotopic (exact) mass is 225 g/mol. The SMILES string of the molecule is Cc1nc(N2CCC(N)C(C)C2)sc1C. The van der Waals surface area contributed by atoms with Crippen LogP contribution in [0.1, 0.15) is 23.9 Å². The van der Waals surface area contributed by atoms with Crippen molar-refractivity contribution < 1.29 is 0 Å². The van der Waals surface area contributed by atoms with E-state index in [9.17, 15) is 0 Å². The molecule has 4 heteroatoms. The van der Waals surface area contributed by atoms with E-state index < -0.39 is 0 Å². The fourth-order valence-corrected chi connectivity index (χ4v) is 2.87. The zero-order valence-electron chi connectivity index (χ0n) is 9.66. The van der Waals surface area contributed by atoms with Crippen molar-refractivity contribution in [1.82, 2.24) is 4.98 Å². The number of nitrogens with two attached hydrogens (primary N) is 1. The van der Waals surface area contributed by atoms with Crippen molar-refractivity contribution in [2.45, 2.75) is 33.2 Å². The zero-order chi connectivity index (χ0) is 11.0. The van der Waals surface area contributed by atoms with Gasteiger partial charge in [0.2, 0.25) is 0 Å². The van der Waals surface area contributed by atoms with Crippen molar-refractivity contribution in [2.75, 3.05) is 18.0 Å². The van der Waals surface area contributed by atoms with Gasteiger partial charge in [-0.2, -0.15) is 0 Å². The summed E-state index contributed by atoms with van der Waals surface area (Å²) < 4.78 is 0. The molecule has 3 nitrogen and oxygen atoms in total. The first-order chi connectivity index (χ1) is 7.08. The third-order valence-electron chi connectivity index (χ3n) is 3.26. The number of rotatable bonds is 1. The molecule has 0 saturated carbocycles. The van der Waals surface area contributed by atoms with Crippen LogP contribution in [0.5, 0.6) is 0 Å². The average molecular weight is 225 g/mol. The summed E-state index contributed by atoms with van der Waals surface area (Å²) >= 11 is 1.80. The summed E-state index contributed by atoms with van der Waals surface area (Å²) in [5.74, 6) is 0.572. The van der Waals surface area contributed by atoms with E-state index in [1.54, 1.807) is 11.3 Å². The Kier molecular flexibility index (Phi) is 2.98. The Balaban J connectivity index is 2.12. The molecule has 2 rings (SSSR count). The second kappa shape index (κ2) is 4.10. The molecule has 0 spiro atoms. The topological polar surface area (TPSA) is 42.2 Å². The highest BCUT2D eigenvalue weighted by Crippen LogP contribution is 2.28. The summed E-state index contributed by atoms with van der Waals surface area (Å²) in [7, 11) is 0. The Hall–Kier alpha value is -0.610. The fourth-order valence-electron chi connectivity index (χ4n) is 1.93. The van der Waals surface area contributed by atoms with Crippen LogP contribution in [0.2, 0.25) is 0 Å². The van der Waals surface area contributed by atoms with Gasteiger partial charge in [-0.25, -0.2) is 4.98 Å². The zero-order valence-corrected chi connectivity index (χ0v) is 10.5. The molecule has 2 atom stereocenters. The van der Waals surface area contributed by atoms with Crippen LogP contribution in [0.4, 0.5) is 5.13 Å². The Bertz CT molecular complexity index is 328. The minimum Gasteiger partial charge on any atom is -0.348 e. The molecule has 2 heterocycles.